The predicted octanol–water partition coefficient (Wildman–Crippen LogP) is 1.62. The lowest BCUT2D eigenvalue weighted by Crippen LogP contribution is -2.01. The zero-order valence-electron chi connectivity index (χ0n) is 8.98. The number of hydrogen-bond acceptors (Lipinski definition) is 6. The van der Waals surface area contributed by atoms with Gasteiger partial charge in [-0.3, -0.25) is 0 Å². The van der Waals surface area contributed by atoms with Crippen LogP contribution in [0.25, 0.3) is 10.3 Å². The molecule has 0 saturated carbocycles. The molecule has 2 aromatic heterocycles. The van der Waals surface area contributed by atoms with Crippen molar-refractivity contribution in [2.24, 2.45) is 0 Å². The van der Waals surface area contributed by atoms with Crippen molar-refractivity contribution < 1.29 is 9.53 Å². The van der Waals surface area contributed by atoms with Crippen LogP contribution >= 0.6 is 11.3 Å². The largest absolute Gasteiger partial charge is 0.465 e. The number of methoxy groups -OCH3 is 1. The molecule has 2 rings (SSSR count). The van der Waals surface area contributed by atoms with Gasteiger partial charge in [-0.15, -0.1) is 11.3 Å². The van der Waals surface area contributed by atoms with Crippen LogP contribution < -0.4 is 5.73 Å². The summed E-state index contributed by atoms with van der Waals surface area (Å²) in [5, 5.41) is 0. The number of ether oxygens (including phenoxy) is 1. The fraction of sp³-hybridized carbons (Fsp3) is 0.300. The van der Waals surface area contributed by atoms with Gasteiger partial charge in [-0.2, -0.15) is 0 Å². The number of nitrogens with zero attached hydrogens (tertiary/aromatic N) is 2. The van der Waals surface area contributed by atoms with E-state index in [0.717, 1.165) is 12.1 Å². The molecule has 0 aliphatic heterocycles. The number of nitrogen functional groups attached to an aromatic ring is 1. The van der Waals surface area contributed by atoms with Crippen molar-refractivity contribution in [1.29, 1.82) is 0 Å². The molecule has 0 bridgehead atoms. The molecule has 2 N–H and O–H groups in total. The van der Waals surface area contributed by atoms with Gasteiger partial charge in [0.2, 0.25) is 0 Å². The lowest BCUT2D eigenvalue weighted by atomic mass is 10.3. The highest BCUT2D eigenvalue weighted by Crippen LogP contribution is 2.31. The van der Waals surface area contributed by atoms with Gasteiger partial charge in [-0.25, -0.2) is 14.8 Å². The maximum absolute atomic E-state index is 11.4. The first-order chi connectivity index (χ1) is 7.67. The molecule has 2 heterocycles. The van der Waals surface area contributed by atoms with Gasteiger partial charge in [-0.05, 0) is 6.42 Å². The first kappa shape index (κ1) is 10.8. The Morgan fingerprint density at radius 1 is 1.62 bits per heavy atom. The number of rotatable bonds is 2. The minimum absolute atomic E-state index is 0.356. The summed E-state index contributed by atoms with van der Waals surface area (Å²) in [6.07, 6.45) is 2.48. The van der Waals surface area contributed by atoms with Crippen molar-refractivity contribution in [3.8, 4) is 0 Å². The van der Waals surface area contributed by atoms with Crippen LogP contribution in [-0.4, -0.2) is 23.0 Å². The average Bonchev–Trinajstić information content (AvgIpc) is 2.65. The van der Waals surface area contributed by atoms with Crippen molar-refractivity contribution >= 4 is 33.3 Å². The molecule has 0 saturated heterocycles. The quantitative estimate of drug-likeness (QED) is 0.803. The summed E-state index contributed by atoms with van der Waals surface area (Å²) in [6, 6.07) is 0. The van der Waals surface area contributed by atoms with Crippen LogP contribution in [0, 0.1) is 0 Å². The molecular weight excluding hydrogens is 226 g/mol. The number of anilines is 1. The van der Waals surface area contributed by atoms with E-state index in [1.165, 1.54) is 18.4 Å². The van der Waals surface area contributed by atoms with Crippen molar-refractivity contribution in [3.05, 3.63) is 16.8 Å². The average molecular weight is 237 g/mol. The molecule has 16 heavy (non-hydrogen) atoms. The fourth-order valence-electron chi connectivity index (χ4n) is 1.34. The Balaban J connectivity index is 2.64. The monoisotopic (exact) mass is 237 g/mol. The highest BCUT2D eigenvalue weighted by molar-refractivity contribution is 7.21. The molecule has 0 fully saturated rings. The molecule has 0 amide bonds. The number of carbonyl (C=O) groups excluding carboxylic acids is 1. The predicted molar refractivity (Wildman–Crippen MR) is 62.5 cm³/mol. The summed E-state index contributed by atoms with van der Waals surface area (Å²) in [4.78, 5) is 21.0. The van der Waals surface area contributed by atoms with Gasteiger partial charge < -0.3 is 10.5 Å². The SMILES string of the molecule is CCc1cnc2sc(C(=O)OC)c(N)c2n1. The van der Waals surface area contributed by atoms with Gasteiger partial charge in [0.15, 0.2) is 0 Å². The van der Waals surface area contributed by atoms with E-state index in [2.05, 4.69) is 14.7 Å². The zero-order chi connectivity index (χ0) is 11.7. The van der Waals surface area contributed by atoms with Gasteiger partial charge in [0, 0.05) is 0 Å². The van der Waals surface area contributed by atoms with Crippen molar-refractivity contribution in [2.75, 3.05) is 12.8 Å². The number of thiophene rings is 1. The molecule has 0 radical (unpaired) electrons. The Morgan fingerprint density at radius 2 is 2.38 bits per heavy atom. The number of esters is 1. The van der Waals surface area contributed by atoms with Crippen LogP contribution in [0.2, 0.25) is 0 Å². The number of aryl methyl sites for hydroxylation is 1. The van der Waals surface area contributed by atoms with E-state index in [9.17, 15) is 4.79 Å². The molecule has 6 heteroatoms. The van der Waals surface area contributed by atoms with Gasteiger partial charge >= 0.3 is 5.97 Å². The summed E-state index contributed by atoms with van der Waals surface area (Å²) in [5.74, 6) is -0.444. The van der Waals surface area contributed by atoms with Crippen LogP contribution in [-0.2, 0) is 11.2 Å². The molecule has 0 atom stereocenters. The second-order valence-electron chi connectivity index (χ2n) is 3.21. The number of aromatic nitrogens is 2. The second kappa shape index (κ2) is 4.05. The third-order valence-electron chi connectivity index (χ3n) is 2.22. The van der Waals surface area contributed by atoms with Gasteiger partial charge in [0.25, 0.3) is 0 Å². The van der Waals surface area contributed by atoms with Crippen LogP contribution in [0.4, 0.5) is 5.69 Å². The fourth-order valence-corrected chi connectivity index (χ4v) is 2.26. The summed E-state index contributed by atoms with van der Waals surface area (Å²) in [6.45, 7) is 1.99. The second-order valence-corrected chi connectivity index (χ2v) is 4.20. The number of fused-ring (bicyclic) bond motifs is 1. The molecule has 84 valence electrons. The molecule has 0 aliphatic carbocycles. The topological polar surface area (TPSA) is 78.1 Å². The Morgan fingerprint density at radius 3 is 3.00 bits per heavy atom. The minimum atomic E-state index is -0.444. The molecule has 5 nitrogen and oxygen atoms in total. The Kier molecular flexibility index (Phi) is 2.74. The summed E-state index contributed by atoms with van der Waals surface area (Å²) in [7, 11) is 1.32. The number of carbonyl (C=O) groups is 1. The first-order valence-corrected chi connectivity index (χ1v) is 5.61. The Hall–Kier alpha value is -1.69. The molecule has 0 unspecified atom stereocenters. The van der Waals surface area contributed by atoms with Gasteiger partial charge in [0.1, 0.15) is 15.2 Å². The Labute approximate surface area is 96.3 Å². The third kappa shape index (κ3) is 1.61. The standard InChI is InChI=1S/C10H11N3O2S/c1-3-5-4-12-9-7(13-5)6(11)8(16-9)10(14)15-2/h4H,3,11H2,1-2H3. The summed E-state index contributed by atoms with van der Waals surface area (Å²) < 4.78 is 4.64. The van der Waals surface area contributed by atoms with Crippen LogP contribution in [0.3, 0.4) is 0 Å². The molecule has 0 aliphatic rings. The molecule has 0 aromatic carbocycles. The highest BCUT2D eigenvalue weighted by atomic mass is 32.1. The van der Waals surface area contributed by atoms with Crippen molar-refractivity contribution in [2.45, 2.75) is 13.3 Å². The van der Waals surface area contributed by atoms with Crippen molar-refractivity contribution in [3.63, 3.8) is 0 Å². The summed E-state index contributed by atoms with van der Waals surface area (Å²) >= 11 is 1.20. The smallest absolute Gasteiger partial charge is 0.350 e. The molecular formula is C10H11N3O2S. The van der Waals surface area contributed by atoms with E-state index in [-0.39, 0.29) is 0 Å². The van der Waals surface area contributed by atoms with Crippen LogP contribution in [0.5, 0.6) is 0 Å². The zero-order valence-corrected chi connectivity index (χ0v) is 9.80. The van der Waals surface area contributed by atoms with Gasteiger partial charge in [-0.1, -0.05) is 6.92 Å². The van der Waals surface area contributed by atoms with E-state index in [0.29, 0.717) is 20.9 Å². The van der Waals surface area contributed by atoms with E-state index >= 15 is 0 Å². The van der Waals surface area contributed by atoms with E-state index < -0.39 is 5.97 Å². The number of hydrogen-bond donors (Lipinski definition) is 1. The molecule has 0 spiro atoms. The molecule has 2 aromatic rings. The van der Waals surface area contributed by atoms with Crippen molar-refractivity contribution in [1.82, 2.24) is 9.97 Å². The lowest BCUT2D eigenvalue weighted by molar-refractivity contribution is 0.0607. The first-order valence-electron chi connectivity index (χ1n) is 4.79. The summed E-state index contributed by atoms with van der Waals surface area (Å²) in [5.41, 5.74) is 7.65. The normalized spacial score (nSPS) is 10.6. The highest BCUT2D eigenvalue weighted by Gasteiger charge is 2.18. The van der Waals surface area contributed by atoms with Crippen LogP contribution in [0.1, 0.15) is 22.3 Å². The van der Waals surface area contributed by atoms with Gasteiger partial charge in [0.05, 0.1) is 24.7 Å². The van der Waals surface area contributed by atoms with E-state index in [4.69, 9.17) is 5.73 Å². The lowest BCUT2D eigenvalue weighted by Gasteiger charge is -1.96. The maximum Gasteiger partial charge on any atom is 0.350 e. The van der Waals surface area contributed by atoms with E-state index in [1.807, 2.05) is 6.92 Å². The maximum atomic E-state index is 11.4. The number of nitrogens with two attached hydrogens (primary N) is 1. The minimum Gasteiger partial charge on any atom is -0.465 e. The third-order valence-corrected chi connectivity index (χ3v) is 3.30. The Bertz CT molecular complexity index is 550. The van der Waals surface area contributed by atoms with Crippen LogP contribution in [0.15, 0.2) is 6.20 Å². The van der Waals surface area contributed by atoms with E-state index in [1.54, 1.807) is 6.20 Å².